The van der Waals surface area contributed by atoms with Gasteiger partial charge in [-0.3, -0.25) is 4.79 Å². The fraction of sp³-hybridized carbons (Fsp3) is 0.500. The molecule has 3 heteroatoms. The van der Waals surface area contributed by atoms with Gasteiger partial charge in [-0.1, -0.05) is 50.6 Å². The third-order valence-corrected chi connectivity index (χ3v) is 2.88. The zero-order valence-electron chi connectivity index (χ0n) is 10.5. The van der Waals surface area contributed by atoms with Gasteiger partial charge in [0.05, 0.1) is 12.0 Å². The SMILES string of the molecule is CCCC(O)C(C)C(=O)NCc1ccccc1. The molecule has 94 valence electrons. The molecule has 1 rings (SSSR count). The first-order valence-electron chi connectivity index (χ1n) is 6.14. The summed E-state index contributed by atoms with van der Waals surface area (Å²) in [6, 6.07) is 9.76. The summed E-state index contributed by atoms with van der Waals surface area (Å²) in [5.41, 5.74) is 1.07. The predicted octanol–water partition coefficient (Wildman–Crippen LogP) is 2.10. The summed E-state index contributed by atoms with van der Waals surface area (Å²) in [5, 5.41) is 12.6. The minimum Gasteiger partial charge on any atom is -0.392 e. The van der Waals surface area contributed by atoms with Crippen LogP contribution < -0.4 is 5.32 Å². The van der Waals surface area contributed by atoms with Gasteiger partial charge in [0, 0.05) is 6.54 Å². The van der Waals surface area contributed by atoms with E-state index >= 15 is 0 Å². The van der Waals surface area contributed by atoms with Crippen molar-refractivity contribution in [2.24, 2.45) is 5.92 Å². The molecule has 1 amide bonds. The molecule has 0 aliphatic carbocycles. The van der Waals surface area contributed by atoms with Crippen molar-refractivity contribution >= 4 is 5.91 Å². The molecule has 0 fully saturated rings. The third kappa shape index (κ3) is 4.57. The minimum absolute atomic E-state index is 0.0881. The first kappa shape index (κ1) is 13.7. The molecule has 2 N–H and O–H groups in total. The zero-order valence-corrected chi connectivity index (χ0v) is 10.5. The molecule has 1 aromatic rings. The normalized spacial score (nSPS) is 14.1. The molecule has 0 saturated carbocycles. The molecule has 0 radical (unpaired) electrons. The summed E-state index contributed by atoms with van der Waals surface area (Å²) in [4.78, 5) is 11.8. The lowest BCUT2D eigenvalue weighted by atomic mass is 10.00. The van der Waals surface area contributed by atoms with Gasteiger partial charge in [-0.15, -0.1) is 0 Å². The van der Waals surface area contributed by atoms with Crippen LogP contribution in [0.1, 0.15) is 32.3 Å². The average Bonchev–Trinajstić information content (AvgIpc) is 2.36. The van der Waals surface area contributed by atoms with Crippen molar-refractivity contribution in [1.29, 1.82) is 0 Å². The predicted molar refractivity (Wildman–Crippen MR) is 68.4 cm³/mol. The Bertz CT molecular complexity index is 337. The second-order valence-electron chi connectivity index (χ2n) is 4.35. The van der Waals surface area contributed by atoms with Gasteiger partial charge < -0.3 is 10.4 Å². The Kier molecular flexibility index (Phi) is 5.70. The van der Waals surface area contributed by atoms with Crippen LogP contribution in [0.25, 0.3) is 0 Å². The Morgan fingerprint density at radius 1 is 1.35 bits per heavy atom. The number of carbonyl (C=O) groups is 1. The van der Waals surface area contributed by atoms with Gasteiger partial charge in [0.1, 0.15) is 0 Å². The molecule has 2 unspecified atom stereocenters. The van der Waals surface area contributed by atoms with E-state index in [0.29, 0.717) is 13.0 Å². The Labute approximate surface area is 103 Å². The van der Waals surface area contributed by atoms with Crippen molar-refractivity contribution in [2.45, 2.75) is 39.3 Å². The number of nitrogens with one attached hydrogen (secondary N) is 1. The highest BCUT2D eigenvalue weighted by Gasteiger charge is 2.20. The van der Waals surface area contributed by atoms with Crippen LogP contribution in [-0.4, -0.2) is 17.1 Å². The molecule has 0 saturated heterocycles. The van der Waals surface area contributed by atoms with Gasteiger partial charge in [0.15, 0.2) is 0 Å². The monoisotopic (exact) mass is 235 g/mol. The molecule has 0 aliphatic heterocycles. The average molecular weight is 235 g/mol. The highest BCUT2D eigenvalue weighted by molar-refractivity contribution is 5.78. The number of amides is 1. The van der Waals surface area contributed by atoms with E-state index in [1.165, 1.54) is 0 Å². The number of aliphatic hydroxyl groups is 1. The Morgan fingerprint density at radius 2 is 2.00 bits per heavy atom. The van der Waals surface area contributed by atoms with E-state index in [9.17, 15) is 9.90 Å². The number of hydrogen-bond donors (Lipinski definition) is 2. The number of carbonyl (C=O) groups excluding carboxylic acids is 1. The first-order valence-corrected chi connectivity index (χ1v) is 6.14. The lowest BCUT2D eigenvalue weighted by Crippen LogP contribution is -2.35. The number of benzene rings is 1. The molecular weight excluding hydrogens is 214 g/mol. The second kappa shape index (κ2) is 7.07. The topological polar surface area (TPSA) is 49.3 Å². The molecule has 1 aromatic carbocycles. The molecular formula is C14H21NO2. The van der Waals surface area contributed by atoms with Crippen LogP contribution in [-0.2, 0) is 11.3 Å². The van der Waals surface area contributed by atoms with E-state index in [1.807, 2.05) is 37.3 Å². The van der Waals surface area contributed by atoms with Crippen LogP contribution in [0.15, 0.2) is 30.3 Å². The van der Waals surface area contributed by atoms with Crippen LogP contribution in [0.4, 0.5) is 0 Å². The summed E-state index contributed by atoms with van der Waals surface area (Å²) in [6.07, 6.45) is 1.01. The van der Waals surface area contributed by atoms with Crippen molar-refractivity contribution < 1.29 is 9.90 Å². The highest BCUT2D eigenvalue weighted by atomic mass is 16.3. The maximum absolute atomic E-state index is 11.8. The van der Waals surface area contributed by atoms with E-state index in [2.05, 4.69) is 5.32 Å². The molecule has 0 aromatic heterocycles. The quantitative estimate of drug-likeness (QED) is 0.793. The Hall–Kier alpha value is -1.35. The highest BCUT2D eigenvalue weighted by Crippen LogP contribution is 2.09. The van der Waals surface area contributed by atoms with Crippen molar-refractivity contribution in [3.8, 4) is 0 Å². The Morgan fingerprint density at radius 3 is 2.59 bits per heavy atom. The van der Waals surface area contributed by atoms with Gasteiger partial charge in [0.25, 0.3) is 0 Å². The van der Waals surface area contributed by atoms with Crippen LogP contribution in [0.2, 0.25) is 0 Å². The second-order valence-corrected chi connectivity index (χ2v) is 4.35. The lowest BCUT2D eigenvalue weighted by Gasteiger charge is -2.17. The van der Waals surface area contributed by atoms with Gasteiger partial charge in [0.2, 0.25) is 5.91 Å². The standard InChI is InChI=1S/C14H21NO2/c1-3-7-13(16)11(2)14(17)15-10-12-8-5-4-6-9-12/h4-6,8-9,11,13,16H,3,7,10H2,1-2H3,(H,15,17). The van der Waals surface area contributed by atoms with Crippen molar-refractivity contribution in [3.63, 3.8) is 0 Å². The van der Waals surface area contributed by atoms with Gasteiger partial charge in [-0.05, 0) is 12.0 Å². The van der Waals surface area contributed by atoms with Crippen molar-refractivity contribution in [1.82, 2.24) is 5.32 Å². The minimum atomic E-state index is -0.546. The maximum atomic E-state index is 11.8. The summed E-state index contributed by atoms with van der Waals surface area (Å²) in [7, 11) is 0. The number of rotatable bonds is 6. The van der Waals surface area contributed by atoms with Gasteiger partial charge in [-0.25, -0.2) is 0 Å². The number of hydrogen-bond acceptors (Lipinski definition) is 2. The van der Waals surface area contributed by atoms with Crippen molar-refractivity contribution in [2.75, 3.05) is 0 Å². The fourth-order valence-corrected chi connectivity index (χ4v) is 1.67. The lowest BCUT2D eigenvalue weighted by molar-refractivity contribution is -0.128. The van der Waals surface area contributed by atoms with E-state index in [4.69, 9.17) is 0 Å². The Balaban J connectivity index is 2.39. The zero-order chi connectivity index (χ0) is 12.7. The first-order chi connectivity index (χ1) is 8.15. The summed E-state index contributed by atoms with van der Waals surface area (Å²) in [5.74, 6) is -0.437. The van der Waals surface area contributed by atoms with Gasteiger partial charge in [-0.2, -0.15) is 0 Å². The third-order valence-electron chi connectivity index (χ3n) is 2.88. The largest absolute Gasteiger partial charge is 0.392 e. The van der Waals surface area contributed by atoms with Crippen LogP contribution in [0.3, 0.4) is 0 Å². The smallest absolute Gasteiger partial charge is 0.225 e. The van der Waals surface area contributed by atoms with Gasteiger partial charge >= 0.3 is 0 Å². The summed E-state index contributed by atoms with van der Waals surface area (Å²) < 4.78 is 0. The van der Waals surface area contributed by atoms with E-state index in [-0.39, 0.29) is 11.8 Å². The summed E-state index contributed by atoms with van der Waals surface area (Å²) in [6.45, 7) is 4.28. The summed E-state index contributed by atoms with van der Waals surface area (Å²) >= 11 is 0. The molecule has 0 aliphatic rings. The molecule has 3 nitrogen and oxygen atoms in total. The maximum Gasteiger partial charge on any atom is 0.225 e. The van der Waals surface area contributed by atoms with E-state index < -0.39 is 6.10 Å². The molecule has 0 bridgehead atoms. The van der Waals surface area contributed by atoms with Crippen molar-refractivity contribution in [3.05, 3.63) is 35.9 Å². The van der Waals surface area contributed by atoms with Crippen LogP contribution >= 0.6 is 0 Å². The van der Waals surface area contributed by atoms with E-state index in [1.54, 1.807) is 6.92 Å². The molecule has 17 heavy (non-hydrogen) atoms. The molecule has 2 atom stereocenters. The molecule has 0 heterocycles. The van der Waals surface area contributed by atoms with Crippen LogP contribution in [0.5, 0.6) is 0 Å². The number of aliphatic hydroxyl groups excluding tert-OH is 1. The van der Waals surface area contributed by atoms with Crippen LogP contribution in [0, 0.1) is 5.92 Å². The van der Waals surface area contributed by atoms with E-state index in [0.717, 1.165) is 12.0 Å². The molecule has 0 spiro atoms. The fourth-order valence-electron chi connectivity index (χ4n) is 1.67.